The van der Waals surface area contributed by atoms with Crippen molar-refractivity contribution in [2.45, 2.75) is 39.5 Å². The molecule has 0 aliphatic heterocycles. The highest BCUT2D eigenvalue weighted by Crippen LogP contribution is 2.38. The maximum Gasteiger partial charge on any atom is 0.330 e. The standard InChI is InChI=1S/C24H29N3O5/c1-6-8-22(28)32-12-7-11-31-16-9-10-19-20(14-16)26-27(25-19)21-15-17(30-5)13-18(23(21)29)24(2,3)4/h6,8-10,13-15,29H,7,11-12H2,1-5H3. The number of benzene rings is 2. The molecule has 0 radical (unpaired) electrons. The number of carbonyl (C=O) groups excluding carboxylic acids is 1. The number of hydrogen-bond donors (Lipinski definition) is 1. The van der Waals surface area contributed by atoms with Crippen molar-refractivity contribution in [1.29, 1.82) is 0 Å². The molecule has 0 saturated carbocycles. The fraction of sp³-hybridized carbons (Fsp3) is 0.375. The quantitative estimate of drug-likeness (QED) is 0.317. The molecule has 0 amide bonds. The number of phenolic OH excluding ortho intramolecular Hbond substituents is 1. The van der Waals surface area contributed by atoms with E-state index in [1.807, 2.05) is 32.9 Å². The summed E-state index contributed by atoms with van der Waals surface area (Å²) in [6.45, 7) is 8.49. The number of carbonyl (C=O) groups is 1. The smallest absolute Gasteiger partial charge is 0.330 e. The van der Waals surface area contributed by atoms with Crippen LogP contribution < -0.4 is 9.47 Å². The summed E-state index contributed by atoms with van der Waals surface area (Å²) in [7, 11) is 1.58. The number of aromatic nitrogens is 3. The molecule has 1 N–H and O–H groups in total. The molecule has 0 saturated heterocycles. The average molecular weight is 440 g/mol. The van der Waals surface area contributed by atoms with E-state index in [0.29, 0.717) is 41.2 Å². The van der Waals surface area contributed by atoms with Crippen molar-refractivity contribution in [3.63, 3.8) is 0 Å². The van der Waals surface area contributed by atoms with Crippen molar-refractivity contribution < 1.29 is 24.1 Å². The molecule has 0 bridgehead atoms. The summed E-state index contributed by atoms with van der Waals surface area (Å²) in [6, 6.07) is 8.92. The fourth-order valence-corrected chi connectivity index (χ4v) is 3.13. The van der Waals surface area contributed by atoms with E-state index in [1.165, 1.54) is 10.9 Å². The van der Waals surface area contributed by atoms with Crippen LogP contribution in [-0.4, -0.2) is 46.4 Å². The van der Waals surface area contributed by atoms with Gasteiger partial charge >= 0.3 is 5.97 Å². The van der Waals surface area contributed by atoms with Crippen LogP contribution in [0.5, 0.6) is 17.2 Å². The van der Waals surface area contributed by atoms with E-state index < -0.39 is 0 Å². The second-order valence-corrected chi connectivity index (χ2v) is 8.30. The number of nitrogens with zero attached hydrogens (tertiary/aromatic N) is 3. The van der Waals surface area contributed by atoms with E-state index in [9.17, 15) is 9.90 Å². The van der Waals surface area contributed by atoms with Crippen molar-refractivity contribution >= 4 is 17.0 Å². The molecule has 2 aromatic carbocycles. The Hall–Kier alpha value is -3.55. The van der Waals surface area contributed by atoms with Gasteiger partial charge in [0, 0.05) is 30.2 Å². The second-order valence-electron chi connectivity index (χ2n) is 8.30. The first-order valence-electron chi connectivity index (χ1n) is 10.4. The molecule has 32 heavy (non-hydrogen) atoms. The van der Waals surface area contributed by atoms with Crippen LogP contribution in [0.25, 0.3) is 16.7 Å². The van der Waals surface area contributed by atoms with Gasteiger partial charge in [-0.15, -0.1) is 15.0 Å². The highest BCUT2D eigenvalue weighted by atomic mass is 16.5. The van der Waals surface area contributed by atoms with Gasteiger partial charge in [0.1, 0.15) is 34.0 Å². The zero-order valence-electron chi connectivity index (χ0n) is 19.1. The van der Waals surface area contributed by atoms with Crippen LogP contribution >= 0.6 is 0 Å². The third kappa shape index (κ3) is 5.38. The average Bonchev–Trinajstić information content (AvgIpc) is 3.16. The molecule has 0 spiro atoms. The number of ether oxygens (including phenoxy) is 3. The molecule has 170 valence electrons. The van der Waals surface area contributed by atoms with Crippen LogP contribution in [-0.2, 0) is 14.9 Å². The number of hydrogen-bond acceptors (Lipinski definition) is 7. The van der Waals surface area contributed by atoms with E-state index in [-0.39, 0.29) is 23.7 Å². The lowest BCUT2D eigenvalue weighted by Gasteiger charge is -2.22. The number of phenols is 1. The van der Waals surface area contributed by atoms with Crippen molar-refractivity contribution in [2.75, 3.05) is 20.3 Å². The van der Waals surface area contributed by atoms with Gasteiger partial charge in [0.05, 0.1) is 20.3 Å². The minimum absolute atomic E-state index is 0.113. The van der Waals surface area contributed by atoms with E-state index in [2.05, 4.69) is 10.2 Å². The van der Waals surface area contributed by atoms with Crippen LogP contribution in [0.2, 0.25) is 0 Å². The number of allylic oxidation sites excluding steroid dienone is 1. The number of methoxy groups -OCH3 is 1. The van der Waals surface area contributed by atoms with Gasteiger partial charge in [-0.3, -0.25) is 0 Å². The van der Waals surface area contributed by atoms with Crippen LogP contribution in [0.3, 0.4) is 0 Å². The van der Waals surface area contributed by atoms with Crippen LogP contribution in [0.1, 0.15) is 39.7 Å². The maximum absolute atomic E-state index is 11.3. The summed E-state index contributed by atoms with van der Waals surface area (Å²) in [4.78, 5) is 12.7. The molecule has 0 unspecified atom stereocenters. The van der Waals surface area contributed by atoms with Gasteiger partial charge in [-0.05, 0) is 30.5 Å². The number of esters is 1. The Morgan fingerprint density at radius 2 is 1.84 bits per heavy atom. The van der Waals surface area contributed by atoms with Gasteiger partial charge in [-0.2, -0.15) is 0 Å². The molecule has 0 fully saturated rings. The van der Waals surface area contributed by atoms with E-state index >= 15 is 0 Å². The Morgan fingerprint density at radius 1 is 1.09 bits per heavy atom. The molecule has 0 aliphatic carbocycles. The van der Waals surface area contributed by atoms with Crippen molar-refractivity contribution in [3.05, 3.63) is 48.0 Å². The van der Waals surface area contributed by atoms with E-state index in [1.54, 1.807) is 38.3 Å². The first-order valence-corrected chi connectivity index (χ1v) is 10.4. The van der Waals surface area contributed by atoms with Gasteiger partial charge in [0.2, 0.25) is 0 Å². The second kappa shape index (κ2) is 9.72. The number of aromatic hydroxyl groups is 1. The third-order valence-electron chi connectivity index (χ3n) is 4.78. The lowest BCUT2D eigenvalue weighted by Crippen LogP contribution is -2.13. The van der Waals surface area contributed by atoms with Crippen LogP contribution in [0.4, 0.5) is 0 Å². The highest BCUT2D eigenvalue weighted by molar-refractivity contribution is 5.81. The molecule has 8 nitrogen and oxygen atoms in total. The summed E-state index contributed by atoms with van der Waals surface area (Å²) >= 11 is 0. The molecule has 1 heterocycles. The first kappa shape index (κ1) is 23.1. The number of rotatable bonds is 8. The molecule has 0 aliphatic rings. The normalized spacial score (nSPS) is 11.8. The lowest BCUT2D eigenvalue weighted by atomic mass is 9.86. The minimum Gasteiger partial charge on any atom is -0.505 e. The Morgan fingerprint density at radius 3 is 2.53 bits per heavy atom. The molecule has 1 aromatic heterocycles. The lowest BCUT2D eigenvalue weighted by molar-refractivity contribution is -0.137. The largest absolute Gasteiger partial charge is 0.505 e. The van der Waals surface area contributed by atoms with Crippen molar-refractivity contribution in [2.24, 2.45) is 0 Å². The fourth-order valence-electron chi connectivity index (χ4n) is 3.13. The molecule has 0 atom stereocenters. The Balaban J connectivity index is 1.77. The monoisotopic (exact) mass is 439 g/mol. The maximum atomic E-state index is 11.3. The summed E-state index contributed by atoms with van der Waals surface area (Å²) in [5, 5.41) is 19.9. The Kier molecular flexibility index (Phi) is 7.02. The molecular weight excluding hydrogens is 410 g/mol. The van der Waals surface area contributed by atoms with Gasteiger partial charge in [-0.25, -0.2) is 4.79 Å². The van der Waals surface area contributed by atoms with Crippen LogP contribution in [0, 0.1) is 0 Å². The molecule has 3 rings (SSSR count). The zero-order valence-corrected chi connectivity index (χ0v) is 19.1. The Bertz CT molecular complexity index is 1130. The molecular formula is C24H29N3O5. The third-order valence-corrected chi connectivity index (χ3v) is 4.78. The van der Waals surface area contributed by atoms with E-state index in [0.717, 1.165) is 5.56 Å². The summed E-state index contributed by atoms with van der Waals surface area (Å²) < 4.78 is 16.2. The minimum atomic E-state index is -0.360. The first-order chi connectivity index (χ1) is 15.2. The predicted octanol–water partition coefficient (Wildman–Crippen LogP) is 4.32. The van der Waals surface area contributed by atoms with E-state index in [4.69, 9.17) is 14.2 Å². The van der Waals surface area contributed by atoms with Crippen molar-refractivity contribution in [1.82, 2.24) is 15.0 Å². The van der Waals surface area contributed by atoms with Gasteiger partial charge in [-0.1, -0.05) is 26.8 Å². The van der Waals surface area contributed by atoms with Gasteiger partial charge in [0.25, 0.3) is 0 Å². The van der Waals surface area contributed by atoms with Crippen LogP contribution in [0.15, 0.2) is 42.5 Å². The predicted molar refractivity (Wildman–Crippen MR) is 122 cm³/mol. The number of fused-ring (bicyclic) bond motifs is 1. The van der Waals surface area contributed by atoms with Gasteiger partial charge < -0.3 is 19.3 Å². The molecule has 8 heteroatoms. The molecule has 3 aromatic rings. The zero-order chi connectivity index (χ0) is 23.3. The summed E-state index contributed by atoms with van der Waals surface area (Å²) in [5.41, 5.74) is 2.18. The Labute approximate surface area is 187 Å². The SMILES string of the molecule is CC=CC(=O)OCCCOc1ccc2nn(-c3cc(OC)cc(C(C)(C)C)c3O)nc2c1. The summed E-state index contributed by atoms with van der Waals surface area (Å²) in [5.74, 6) is 1.00. The van der Waals surface area contributed by atoms with Gasteiger partial charge in [0.15, 0.2) is 0 Å². The topological polar surface area (TPSA) is 95.7 Å². The summed E-state index contributed by atoms with van der Waals surface area (Å²) in [6.07, 6.45) is 3.58. The highest BCUT2D eigenvalue weighted by Gasteiger charge is 2.23. The van der Waals surface area contributed by atoms with Crippen molar-refractivity contribution in [3.8, 4) is 22.9 Å².